The Morgan fingerprint density at radius 2 is 2.62 bits per heavy atom. The fourth-order valence-electron chi connectivity index (χ4n) is 0.328. The van der Waals surface area contributed by atoms with Crippen molar-refractivity contribution in [3.05, 3.63) is 0 Å². The number of rotatable bonds is 4. The molecule has 0 aromatic heterocycles. The zero-order valence-electron chi connectivity index (χ0n) is 9.48. The van der Waals surface area contributed by atoms with Crippen molar-refractivity contribution in [2.75, 3.05) is 0 Å². The van der Waals surface area contributed by atoms with E-state index in [9.17, 15) is 4.79 Å². The lowest BCUT2D eigenvalue weighted by molar-refractivity contribution is -0.137. The minimum Gasteiger partial charge on any atom is -0.481 e. The van der Waals surface area contributed by atoms with Gasteiger partial charge in [0.15, 0.2) is 0 Å². The van der Waals surface area contributed by atoms with Crippen LogP contribution in [0.1, 0.15) is 39.3 Å². The summed E-state index contributed by atoms with van der Waals surface area (Å²) in [5, 5.41) is 8.25. The summed E-state index contributed by atoms with van der Waals surface area (Å²) in [7, 11) is 0. The molecule has 0 aliphatic carbocycles. The van der Waals surface area contributed by atoms with E-state index < -0.39 is 19.2 Å². The Kier molecular flexibility index (Phi) is 1.37. The highest BCUT2D eigenvalue weighted by molar-refractivity contribution is 5.66. The monoisotopic (exact) mass is 121 g/mol. The third-order valence-corrected chi connectivity index (χ3v) is 0.692. The van der Waals surface area contributed by atoms with Gasteiger partial charge in [-0.05, 0) is 6.42 Å². The van der Waals surface area contributed by atoms with E-state index in [2.05, 4.69) is 0 Å². The first-order valence-electron chi connectivity index (χ1n) is 4.88. The second-order valence-electron chi connectivity index (χ2n) is 1.42. The van der Waals surface area contributed by atoms with Gasteiger partial charge in [-0.15, -0.1) is 0 Å². The van der Waals surface area contributed by atoms with Gasteiger partial charge in [-0.1, -0.05) is 19.6 Å². The second-order valence-corrected chi connectivity index (χ2v) is 1.42. The van der Waals surface area contributed by atoms with Gasteiger partial charge in [0.25, 0.3) is 0 Å². The Morgan fingerprint density at radius 1 is 1.88 bits per heavy atom. The lowest BCUT2D eigenvalue weighted by Gasteiger charge is -1.89. The summed E-state index contributed by atoms with van der Waals surface area (Å²) in [4.78, 5) is 10.1. The van der Waals surface area contributed by atoms with Gasteiger partial charge in [0.1, 0.15) is 0 Å². The van der Waals surface area contributed by atoms with Crippen molar-refractivity contribution in [2.45, 2.75) is 32.5 Å². The largest absolute Gasteiger partial charge is 0.481 e. The Morgan fingerprint density at radius 3 is 3.12 bits per heavy atom. The van der Waals surface area contributed by atoms with Crippen molar-refractivity contribution < 1.29 is 16.8 Å². The molecule has 0 saturated carbocycles. The molecule has 0 aromatic carbocycles. The van der Waals surface area contributed by atoms with E-state index in [0.29, 0.717) is 0 Å². The molecule has 0 saturated heterocycles. The number of carboxylic acids is 1. The molecule has 8 heavy (non-hydrogen) atoms. The molecule has 0 radical (unpaired) electrons. The molecular weight excluding hydrogens is 104 g/mol. The van der Waals surface area contributed by atoms with Crippen molar-refractivity contribution >= 4 is 5.97 Å². The van der Waals surface area contributed by atoms with Gasteiger partial charge in [-0.2, -0.15) is 0 Å². The average molecular weight is 121 g/mol. The predicted octanol–water partition coefficient (Wildman–Crippen LogP) is 1.65. The van der Waals surface area contributed by atoms with E-state index in [4.69, 9.17) is 12.0 Å². The van der Waals surface area contributed by atoms with Crippen molar-refractivity contribution in [2.24, 2.45) is 0 Å². The first-order valence-corrected chi connectivity index (χ1v) is 2.38. The van der Waals surface area contributed by atoms with E-state index in [-0.39, 0.29) is 19.3 Å². The highest BCUT2D eigenvalue weighted by Gasteiger charge is 1.92. The molecule has 0 fully saturated rings. The topological polar surface area (TPSA) is 37.3 Å². The molecule has 0 heterocycles. The van der Waals surface area contributed by atoms with E-state index in [0.717, 1.165) is 0 Å². The van der Waals surface area contributed by atoms with Gasteiger partial charge in [-0.3, -0.25) is 4.79 Å². The molecule has 0 amide bonds. The Labute approximate surface area is 56.5 Å². The number of carboxylic acid groups (broad SMARTS) is 1. The lowest BCUT2D eigenvalue weighted by atomic mass is 10.2. The Balaban J connectivity index is 3.97. The summed E-state index contributed by atoms with van der Waals surface area (Å²) in [6, 6.07) is 0. The summed E-state index contributed by atoms with van der Waals surface area (Å²) in [5.41, 5.74) is 0. The molecule has 1 N–H and O–H groups in total. The van der Waals surface area contributed by atoms with Crippen LogP contribution in [0.4, 0.5) is 0 Å². The maximum atomic E-state index is 10.1. The molecule has 0 unspecified atom stereocenters. The summed E-state index contributed by atoms with van der Waals surface area (Å²) in [6.07, 6.45) is -2.70. The molecule has 0 aliphatic rings. The summed E-state index contributed by atoms with van der Waals surface area (Å²) >= 11 is 0. The summed E-state index contributed by atoms with van der Waals surface area (Å²) in [6.45, 7) is -2.68. The maximum Gasteiger partial charge on any atom is 0.303 e. The predicted molar refractivity (Wildman–Crippen MR) is 31.8 cm³/mol. The van der Waals surface area contributed by atoms with E-state index in [1.165, 1.54) is 0 Å². The number of hydrogen-bond acceptors (Lipinski definition) is 1. The summed E-state index contributed by atoms with van der Waals surface area (Å²) in [5.74, 6) is -1.04. The van der Waals surface area contributed by atoms with Crippen molar-refractivity contribution in [1.29, 1.82) is 0 Å². The number of aliphatic carboxylic acids is 1. The molecule has 2 nitrogen and oxygen atoms in total. The minimum absolute atomic E-state index is 0.0424. The molecule has 0 rings (SSSR count). The first kappa shape index (κ1) is 2.38. The summed E-state index contributed by atoms with van der Waals surface area (Å²) < 4.78 is 34.8. The number of carbonyl (C=O) groups is 1. The van der Waals surface area contributed by atoms with Crippen LogP contribution in [0.2, 0.25) is 0 Å². The quantitative estimate of drug-likeness (QED) is 0.614. The normalized spacial score (nSPS) is 21.8. The molecule has 48 valence electrons. The fourth-order valence-corrected chi connectivity index (χ4v) is 0.328. The maximum absolute atomic E-state index is 10.1. The highest BCUT2D eigenvalue weighted by atomic mass is 16.4. The third kappa shape index (κ3) is 5.47. The Hall–Kier alpha value is -0.530. The zero-order valence-corrected chi connectivity index (χ0v) is 4.48. The van der Waals surface area contributed by atoms with Gasteiger partial charge in [-0.25, -0.2) is 0 Å². The van der Waals surface area contributed by atoms with Crippen molar-refractivity contribution in [3.8, 4) is 0 Å². The molecule has 2 heteroatoms. The fraction of sp³-hybridized carbons (Fsp3) is 0.833. The van der Waals surface area contributed by atoms with Crippen LogP contribution in [0, 0.1) is 0 Å². The SMILES string of the molecule is [2H]C([2H])([2H])C([2H])([2H])CCCC(=O)O. The van der Waals surface area contributed by atoms with Gasteiger partial charge < -0.3 is 5.11 Å². The van der Waals surface area contributed by atoms with Crippen LogP contribution < -0.4 is 0 Å². The molecule has 0 aromatic rings. The average Bonchev–Trinajstić information content (AvgIpc) is 1.82. The Bertz CT molecular complexity index is 186. The van der Waals surface area contributed by atoms with Gasteiger partial charge in [0.2, 0.25) is 0 Å². The van der Waals surface area contributed by atoms with Crippen LogP contribution in [-0.2, 0) is 4.79 Å². The highest BCUT2D eigenvalue weighted by Crippen LogP contribution is 1.97. The van der Waals surface area contributed by atoms with E-state index in [1.807, 2.05) is 0 Å². The van der Waals surface area contributed by atoms with Gasteiger partial charge >= 0.3 is 5.97 Å². The minimum atomic E-state index is -2.68. The van der Waals surface area contributed by atoms with Crippen LogP contribution >= 0.6 is 0 Å². The third-order valence-electron chi connectivity index (χ3n) is 0.692. The molecule has 0 aliphatic heterocycles. The van der Waals surface area contributed by atoms with E-state index >= 15 is 0 Å². The number of hydrogen-bond donors (Lipinski definition) is 1. The van der Waals surface area contributed by atoms with Crippen molar-refractivity contribution in [3.63, 3.8) is 0 Å². The second kappa shape index (κ2) is 4.62. The van der Waals surface area contributed by atoms with Crippen LogP contribution in [-0.4, -0.2) is 11.1 Å². The first-order chi connectivity index (χ1) is 5.67. The molecule has 0 atom stereocenters. The zero-order chi connectivity index (χ0) is 10.7. The molecular formula is C6H12O2. The van der Waals surface area contributed by atoms with Crippen LogP contribution in [0.15, 0.2) is 0 Å². The molecule has 0 bridgehead atoms. The van der Waals surface area contributed by atoms with Crippen LogP contribution in [0.25, 0.3) is 0 Å². The van der Waals surface area contributed by atoms with Gasteiger partial charge in [0.05, 0.1) is 0 Å². The lowest BCUT2D eigenvalue weighted by Crippen LogP contribution is -1.92. The smallest absolute Gasteiger partial charge is 0.303 e. The standard InChI is InChI=1S/C6H12O2/c1-2-3-4-5-6(7)8/h2-5H2,1H3,(H,7,8)/i1D3,2D2. The van der Waals surface area contributed by atoms with Crippen LogP contribution in [0.3, 0.4) is 0 Å². The van der Waals surface area contributed by atoms with Crippen molar-refractivity contribution in [1.82, 2.24) is 0 Å². The molecule has 0 spiro atoms. The van der Waals surface area contributed by atoms with Gasteiger partial charge in [0, 0.05) is 13.3 Å². The van der Waals surface area contributed by atoms with Crippen LogP contribution in [0.5, 0.6) is 0 Å². The van der Waals surface area contributed by atoms with E-state index in [1.54, 1.807) is 0 Å².